The van der Waals surface area contributed by atoms with Crippen LogP contribution in [0.25, 0.3) is 0 Å². The Labute approximate surface area is 116 Å². The molecule has 0 atom stereocenters. The number of hydrogen-bond donors (Lipinski definition) is 0. The lowest BCUT2D eigenvalue weighted by molar-refractivity contribution is -0.386. The SMILES string of the molecule is O=[N+]([O-])c1ccc(Cl)nc1Oc1ccc(Cl)c(F)c1. The van der Waals surface area contributed by atoms with Crippen LogP contribution in [0.1, 0.15) is 0 Å². The number of benzene rings is 1. The number of ether oxygens (including phenoxy) is 1. The minimum absolute atomic E-state index is 0.0232. The van der Waals surface area contributed by atoms with E-state index in [1.807, 2.05) is 0 Å². The first kappa shape index (κ1) is 13.5. The van der Waals surface area contributed by atoms with Crippen LogP contribution in [0.4, 0.5) is 10.1 Å². The van der Waals surface area contributed by atoms with E-state index < -0.39 is 10.7 Å². The van der Waals surface area contributed by atoms with Crippen LogP contribution >= 0.6 is 23.2 Å². The zero-order valence-corrected chi connectivity index (χ0v) is 10.7. The molecule has 0 aliphatic rings. The topological polar surface area (TPSA) is 65.3 Å². The molecule has 0 fully saturated rings. The van der Waals surface area contributed by atoms with Gasteiger partial charge in [-0.3, -0.25) is 10.1 Å². The third-order valence-corrected chi connectivity index (χ3v) is 2.63. The fraction of sp³-hybridized carbons (Fsp3) is 0. The number of halogens is 3. The van der Waals surface area contributed by atoms with Crippen molar-refractivity contribution in [2.24, 2.45) is 0 Å². The number of nitro groups is 1. The van der Waals surface area contributed by atoms with Crippen molar-refractivity contribution in [3.63, 3.8) is 0 Å². The van der Waals surface area contributed by atoms with Gasteiger partial charge in [-0.2, -0.15) is 4.98 Å². The highest BCUT2D eigenvalue weighted by Gasteiger charge is 2.18. The summed E-state index contributed by atoms with van der Waals surface area (Å²) < 4.78 is 18.4. The van der Waals surface area contributed by atoms with Crippen LogP contribution < -0.4 is 4.74 Å². The Bertz CT molecular complexity index is 652. The summed E-state index contributed by atoms with van der Waals surface area (Å²) in [6.45, 7) is 0. The molecule has 98 valence electrons. The van der Waals surface area contributed by atoms with Crippen molar-refractivity contribution in [1.29, 1.82) is 0 Å². The van der Waals surface area contributed by atoms with Gasteiger partial charge in [0.2, 0.25) is 0 Å². The molecule has 5 nitrogen and oxygen atoms in total. The van der Waals surface area contributed by atoms with Gasteiger partial charge in [0.25, 0.3) is 0 Å². The van der Waals surface area contributed by atoms with E-state index in [1.165, 1.54) is 18.2 Å². The second-order valence-corrected chi connectivity index (χ2v) is 4.19. The molecule has 0 radical (unpaired) electrons. The lowest BCUT2D eigenvalue weighted by Gasteiger charge is -2.06. The highest BCUT2D eigenvalue weighted by molar-refractivity contribution is 6.30. The standard InChI is InChI=1S/C11H5Cl2FN2O3/c12-7-2-1-6(5-8(7)14)19-11-9(16(17)18)3-4-10(13)15-11/h1-5H. The number of rotatable bonds is 3. The normalized spacial score (nSPS) is 10.3. The van der Waals surface area contributed by atoms with Crippen LogP contribution in [0, 0.1) is 15.9 Å². The Morgan fingerprint density at radius 2 is 2.00 bits per heavy atom. The molecule has 0 aliphatic carbocycles. The minimum Gasteiger partial charge on any atom is -0.434 e. The first-order chi connectivity index (χ1) is 8.97. The first-order valence-electron chi connectivity index (χ1n) is 4.91. The van der Waals surface area contributed by atoms with Crippen molar-refractivity contribution in [2.45, 2.75) is 0 Å². The average Bonchev–Trinajstić information content (AvgIpc) is 2.33. The Hall–Kier alpha value is -1.92. The maximum atomic E-state index is 13.2. The molecular weight excluding hydrogens is 298 g/mol. The largest absolute Gasteiger partial charge is 0.434 e. The van der Waals surface area contributed by atoms with Gasteiger partial charge in [-0.15, -0.1) is 0 Å². The Balaban J connectivity index is 2.39. The molecule has 0 saturated carbocycles. The van der Waals surface area contributed by atoms with Gasteiger partial charge in [0.15, 0.2) is 0 Å². The first-order valence-corrected chi connectivity index (χ1v) is 5.67. The van der Waals surface area contributed by atoms with Crippen molar-refractivity contribution in [1.82, 2.24) is 4.98 Å². The molecule has 0 spiro atoms. The van der Waals surface area contributed by atoms with Crippen LogP contribution in [-0.2, 0) is 0 Å². The molecule has 19 heavy (non-hydrogen) atoms. The maximum absolute atomic E-state index is 13.2. The van der Waals surface area contributed by atoms with E-state index in [1.54, 1.807) is 0 Å². The molecule has 0 saturated heterocycles. The summed E-state index contributed by atoms with van der Waals surface area (Å²) in [6.07, 6.45) is 0. The van der Waals surface area contributed by atoms with Gasteiger partial charge < -0.3 is 4.74 Å². The summed E-state index contributed by atoms with van der Waals surface area (Å²) in [6, 6.07) is 6.03. The highest BCUT2D eigenvalue weighted by Crippen LogP contribution is 2.31. The summed E-state index contributed by atoms with van der Waals surface area (Å²) in [4.78, 5) is 13.8. The quantitative estimate of drug-likeness (QED) is 0.483. The fourth-order valence-corrected chi connectivity index (χ4v) is 1.53. The van der Waals surface area contributed by atoms with Gasteiger partial charge in [0.1, 0.15) is 16.7 Å². The molecule has 1 aromatic heterocycles. The van der Waals surface area contributed by atoms with Crippen LogP contribution in [0.5, 0.6) is 11.6 Å². The molecule has 0 N–H and O–H groups in total. The molecule has 8 heteroatoms. The molecule has 0 bridgehead atoms. The molecule has 1 heterocycles. The second kappa shape index (κ2) is 5.38. The zero-order valence-electron chi connectivity index (χ0n) is 9.14. The highest BCUT2D eigenvalue weighted by atomic mass is 35.5. The summed E-state index contributed by atoms with van der Waals surface area (Å²) in [5.41, 5.74) is -0.375. The van der Waals surface area contributed by atoms with Crippen molar-refractivity contribution >= 4 is 28.9 Å². The monoisotopic (exact) mass is 302 g/mol. The van der Waals surface area contributed by atoms with Crippen molar-refractivity contribution in [3.05, 3.63) is 56.4 Å². The fourth-order valence-electron chi connectivity index (χ4n) is 1.28. The average molecular weight is 303 g/mol. The second-order valence-electron chi connectivity index (χ2n) is 3.39. The maximum Gasteiger partial charge on any atom is 0.331 e. The van der Waals surface area contributed by atoms with Gasteiger partial charge in [-0.25, -0.2) is 4.39 Å². The molecule has 2 aromatic rings. The molecule has 1 aromatic carbocycles. The number of aromatic nitrogens is 1. The third kappa shape index (κ3) is 3.10. The van der Waals surface area contributed by atoms with E-state index in [9.17, 15) is 14.5 Å². The van der Waals surface area contributed by atoms with Crippen molar-refractivity contribution in [3.8, 4) is 11.6 Å². The lowest BCUT2D eigenvalue weighted by Crippen LogP contribution is -1.96. The summed E-state index contributed by atoms with van der Waals surface area (Å²) in [5.74, 6) is -0.997. The number of nitrogens with zero attached hydrogens (tertiary/aromatic N) is 2. The summed E-state index contributed by atoms with van der Waals surface area (Å²) in [5, 5.41) is 10.7. The number of pyridine rings is 1. The van der Waals surface area contributed by atoms with Crippen molar-refractivity contribution in [2.75, 3.05) is 0 Å². The van der Waals surface area contributed by atoms with Crippen LogP contribution in [0.3, 0.4) is 0 Å². The third-order valence-electron chi connectivity index (χ3n) is 2.11. The van der Waals surface area contributed by atoms with Gasteiger partial charge in [-0.1, -0.05) is 23.2 Å². The van der Waals surface area contributed by atoms with Crippen LogP contribution in [0.2, 0.25) is 10.2 Å². The van der Waals surface area contributed by atoms with Crippen molar-refractivity contribution < 1.29 is 14.1 Å². The molecular formula is C11H5Cl2FN2O3. The summed E-state index contributed by atoms with van der Waals surface area (Å²) in [7, 11) is 0. The minimum atomic E-state index is -0.705. The molecule has 2 rings (SSSR count). The van der Waals surface area contributed by atoms with E-state index >= 15 is 0 Å². The van der Waals surface area contributed by atoms with Gasteiger partial charge in [0, 0.05) is 12.1 Å². The predicted octanol–water partition coefficient (Wildman–Crippen LogP) is 4.23. The van der Waals surface area contributed by atoms with Crippen LogP contribution in [-0.4, -0.2) is 9.91 Å². The smallest absolute Gasteiger partial charge is 0.331 e. The zero-order chi connectivity index (χ0) is 14.0. The van der Waals surface area contributed by atoms with Gasteiger partial charge in [0.05, 0.1) is 9.95 Å². The van der Waals surface area contributed by atoms with E-state index in [4.69, 9.17) is 27.9 Å². The lowest BCUT2D eigenvalue weighted by atomic mass is 10.3. The van der Waals surface area contributed by atoms with E-state index in [0.29, 0.717) is 0 Å². The van der Waals surface area contributed by atoms with Crippen LogP contribution in [0.15, 0.2) is 30.3 Å². The Morgan fingerprint density at radius 1 is 1.26 bits per heavy atom. The molecule has 0 aliphatic heterocycles. The van der Waals surface area contributed by atoms with E-state index in [0.717, 1.165) is 12.1 Å². The summed E-state index contributed by atoms with van der Waals surface area (Å²) >= 11 is 11.2. The predicted molar refractivity (Wildman–Crippen MR) is 67.4 cm³/mol. The van der Waals surface area contributed by atoms with Gasteiger partial charge >= 0.3 is 11.6 Å². The van der Waals surface area contributed by atoms with E-state index in [2.05, 4.69) is 4.98 Å². The number of hydrogen-bond acceptors (Lipinski definition) is 4. The Kier molecular flexibility index (Phi) is 3.82. The Morgan fingerprint density at radius 3 is 2.63 bits per heavy atom. The molecule has 0 amide bonds. The molecule has 0 unspecified atom stereocenters. The van der Waals surface area contributed by atoms with E-state index in [-0.39, 0.29) is 27.5 Å². The van der Waals surface area contributed by atoms with Gasteiger partial charge in [-0.05, 0) is 18.2 Å².